The standard InChI is InChI=1S/C25H26O7/c1-16(26)31-24-13-19(24)32-25(30-15-18-11-7-4-8-12-18)20(23(27)28-2)21(22(24)25)29-14-17-9-5-3-6-10-17/h3-12,19-22H,13-15H2,1-2H3. The summed E-state index contributed by atoms with van der Waals surface area (Å²) in [5.74, 6) is -3.33. The lowest BCUT2D eigenvalue weighted by Gasteiger charge is -2.56. The average molecular weight is 438 g/mol. The molecule has 2 aromatic rings. The third kappa shape index (κ3) is 3.32. The SMILES string of the molecule is COC(=O)C1C(OCc2ccccc2)C2C3(OC(C)=O)CC3OC12OCc1ccccc1. The Hall–Kier alpha value is -2.74. The minimum Gasteiger partial charge on any atom is -0.469 e. The summed E-state index contributed by atoms with van der Waals surface area (Å²) in [6, 6.07) is 19.4. The maximum absolute atomic E-state index is 12.9. The van der Waals surface area contributed by atoms with E-state index in [1.54, 1.807) is 0 Å². The molecule has 1 aliphatic heterocycles. The second-order valence-electron chi connectivity index (χ2n) is 8.59. The zero-order chi connectivity index (χ0) is 22.3. The topological polar surface area (TPSA) is 80.3 Å². The molecule has 0 amide bonds. The number of hydrogen-bond donors (Lipinski definition) is 0. The van der Waals surface area contributed by atoms with Gasteiger partial charge in [-0.05, 0) is 11.1 Å². The van der Waals surface area contributed by atoms with Crippen LogP contribution in [-0.4, -0.2) is 42.6 Å². The monoisotopic (exact) mass is 438 g/mol. The number of esters is 2. The minimum atomic E-state index is -1.26. The molecule has 7 nitrogen and oxygen atoms in total. The Bertz CT molecular complexity index is 994. The first-order chi connectivity index (χ1) is 15.5. The van der Waals surface area contributed by atoms with Crippen molar-refractivity contribution < 1.29 is 33.3 Å². The number of carbonyl (C=O) groups is 2. The number of carbonyl (C=O) groups excluding carboxylic acids is 2. The summed E-state index contributed by atoms with van der Waals surface area (Å²) in [7, 11) is 1.34. The molecule has 7 heteroatoms. The van der Waals surface area contributed by atoms with Crippen molar-refractivity contribution in [2.75, 3.05) is 7.11 Å². The zero-order valence-electron chi connectivity index (χ0n) is 18.1. The number of ether oxygens (including phenoxy) is 5. The Kier molecular flexibility index (Phi) is 5.28. The van der Waals surface area contributed by atoms with E-state index in [1.165, 1.54) is 14.0 Å². The van der Waals surface area contributed by atoms with E-state index < -0.39 is 41.3 Å². The summed E-state index contributed by atoms with van der Waals surface area (Å²) in [6.45, 7) is 1.94. The van der Waals surface area contributed by atoms with Gasteiger partial charge in [0.15, 0.2) is 11.4 Å². The van der Waals surface area contributed by atoms with Crippen molar-refractivity contribution in [3.05, 3.63) is 71.8 Å². The van der Waals surface area contributed by atoms with Crippen molar-refractivity contribution in [2.24, 2.45) is 11.8 Å². The summed E-state index contributed by atoms with van der Waals surface area (Å²) < 4.78 is 29.7. The molecule has 1 saturated heterocycles. The molecule has 0 N–H and O–H groups in total. The highest BCUT2D eigenvalue weighted by Gasteiger charge is 2.88. The van der Waals surface area contributed by atoms with Gasteiger partial charge in [-0.15, -0.1) is 0 Å². The summed E-state index contributed by atoms with van der Waals surface area (Å²) in [5, 5.41) is 0. The fourth-order valence-corrected chi connectivity index (χ4v) is 5.22. The first kappa shape index (κ1) is 21.1. The average Bonchev–Trinajstić information content (AvgIpc) is 3.40. The highest BCUT2D eigenvalue weighted by Crippen LogP contribution is 2.71. The molecular weight excluding hydrogens is 412 g/mol. The molecule has 0 radical (unpaired) electrons. The maximum atomic E-state index is 12.9. The molecule has 32 heavy (non-hydrogen) atoms. The van der Waals surface area contributed by atoms with E-state index in [1.807, 2.05) is 60.7 Å². The van der Waals surface area contributed by atoms with Gasteiger partial charge in [0, 0.05) is 13.3 Å². The van der Waals surface area contributed by atoms with Gasteiger partial charge in [-0.2, -0.15) is 0 Å². The van der Waals surface area contributed by atoms with Crippen LogP contribution in [0.25, 0.3) is 0 Å². The van der Waals surface area contributed by atoms with Gasteiger partial charge in [0.1, 0.15) is 12.0 Å². The van der Waals surface area contributed by atoms with Gasteiger partial charge in [-0.25, -0.2) is 0 Å². The van der Waals surface area contributed by atoms with Gasteiger partial charge in [-0.1, -0.05) is 60.7 Å². The summed E-state index contributed by atoms with van der Waals surface area (Å²) in [4.78, 5) is 24.8. The van der Waals surface area contributed by atoms with E-state index in [-0.39, 0.29) is 12.7 Å². The van der Waals surface area contributed by atoms with Gasteiger partial charge in [-0.3, -0.25) is 9.59 Å². The van der Waals surface area contributed by atoms with Crippen LogP contribution in [0.1, 0.15) is 24.5 Å². The van der Waals surface area contributed by atoms with Crippen molar-refractivity contribution in [3.63, 3.8) is 0 Å². The molecule has 0 bridgehead atoms. The maximum Gasteiger partial charge on any atom is 0.316 e. The summed E-state index contributed by atoms with van der Waals surface area (Å²) in [5.41, 5.74) is 1.09. The first-order valence-electron chi connectivity index (χ1n) is 10.8. The summed E-state index contributed by atoms with van der Waals surface area (Å²) >= 11 is 0. The number of fused-ring (bicyclic) bond motifs is 3. The summed E-state index contributed by atoms with van der Waals surface area (Å²) in [6.07, 6.45) is -0.331. The lowest BCUT2D eigenvalue weighted by atomic mass is 9.62. The van der Waals surface area contributed by atoms with E-state index >= 15 is 0 Å². The molecule has 2 aliphatic carbocycles. The van der Waals surface area contributed by atoms with E-state index in [2.05, 4.69) is 0 Å². The quantitative estimate of drug-likeness (QED) is 0.586. The molecule has 5 rings (SSSR count). The second kappa shape index (κ2) is 7.99. The Morgan fingerprint density at radius 1 is 1.00 bits per heavy atom. The van der Waals surface area contributed by atoms with Crippen LogP contribution in [0, 0.1) is 11.8 Å². The molecule has 0 spiro atoms. The van der Waals surface area contributed by atoms with E-state index in [4.69, 9.17) is 23.7 Å². The van der Waals surface area contributed by atoms with Crippen LogP contribution in [0.5, 0.6) is 0 Å². The molecule has 0 aromatic heterocycles. The zero-order valence-corrected chi connectivity index (χ0v) is 18.1. The second-order valence-corrected chi connectivity index (χ2v) is 8.59. The van der Waals surface area contributed by atoms with E-state index in [0.717, 1.165) is 11.1 Å². The van der Waals surface area contributed by atoms with Crippen LogP contribution < -0.4 is 0 Å². The molecule has 3 fully saturated rings. The van der Waals surface area contributed by atoms with Gasteiger partial charge >= 0.3 is 11.9 Å². The van der Waals surface area contributed by atoms with Crippen LogP contribution in [0.4, 0.5) is 0 Å². The Balaban J connectivity index is 1.44. The highest BCUT2D eigenvalue weighted by molar-refractivity contribution is 5.77. The van der Waals surface area contributed by atoms with Crippen LogP contribution >= 0.6 is 0 Å². The Morgan fingerprint density at radius 2 is 1.62 bits per heavy atom. The van der Waals surface area contributed by atoms with Crippen LogP contribution in [-0.2, 0) is 46.5 Å². The molecular formula is C25H26O7. The van der Waals surface area contributed by atoms with Crippen LogP contribution in [0.2, 0.25) is 0 Å². The van der Waals surface area contributed by atoms with Gasteiger partial charge < -0.3 is 23.7 Å². The predicted molar refractivity (Wildman–Crippen MR) is 112 cm³/mol. The fraction of sp³-hybridized carbons (Fsp3) is 0.440. The van der Waals surface area contributed by atoms with Crippen molar-refractivity contribution >= 4 is 11.9 Å². The number of benzene rings is 2. The fourth-order valence-electron chi connectivity index (χ4n) is 5.22. The largest absolute Gasteiger partial charge is 0.469 e. The minimum absolute atomic E-state index is 0.249. The van der Waals surface area contributed by atoms with E-state index in [9.17, 15) is 9.59 Å². The number of methoxy groups -OCH3 is 1. The van der Waals surface area contributed by atoms with E-state index in [0.29, 0.717) is 13.0 Å². The van der Waals surface area contributed by atoms with Crippen molar-refractivity contribution in [3.8, 4) is 0 Å². The van der Waals surface area contributed by atoms with Gasteiger partial charge in [0.25, 0.3) is 0 Å². The van der Waals surface area contributed by atoms with Crippen molar-refractivity contribution in [2.45, 2.75) is 50.2 Å². The van der Waals surface area contributed by atoms with Crippen LogP contribution in [0.3, 0.4) is 0 Å². The van der Waals surface area contributed by atoms with Gasteiger partial charge in [0.2, 0.25) is 0 Å². The molecule has 3 aliphatic rings. The molecule has 2 saturated carbocycles. The Morgan fingerprint density at radius 3 is 2.22 bits per heavy atom. The molecule has 1 heterocycles. The molecule has 6 atom stereocenters. The first-order valence-corrected chi connectivity index (χ1v) is 10.8. The lowest BCUT2D eigenvalue weighted by Crippen LogP contribution is -2.72. The normalized spacial score (nSPS) is 34.1. The Labute approximate surface area is 186 Å². The smallest absolute Gasteiger partial charge is 0.316 e. The molecule has 168 valence electrons. The number of hydrogen-bond acceptors (Lipinski definition) is 7. The predicted octanol–water partition coefficient (Wildman–Crippen LogP) is 3.01. The highest BCUT2D eigenvalue weighted by atomic mass is 16.7. The van der Waals surface area contributed by atoms with Crippen LogP contribution in [0.15, 0.2) is 60.7 Å². The van der Waals surface area contributed by atoms with Crippen molar-refractivity contribution in [1.29, 1.82) is 0 Å². The lowest BCUT2D eigenvalue weighted by molar-refractivity contribution is -0.370. The van der Waals surface area contributed by atoms with Gasteiger partial charge in [0.05, 0.1) is 32.3 Å². The third-order valence-corrected chi connectivity index (χ3v) is 6.65. The third-order valence-electron chi connectivity index (χ3n) is 6.65. The molecule has 6 unspecified atom stereocenters. The molecule has 2 aromatic carbocycles. The number of rotatable bonds is 8. The van der Waals surface area contributed by atoms with Crippen molar-refractivity contribution in [1.82, 2.24) is 0 Å².